The highest BCUT2D eigenvalue weighted by Crippen LogP contribution is 2.41. The second-order valence-electron chi connectivity index (χ2n) is 9.02. The number of carbonyl (C=O) groups is 1. The van der Waals surface area contributed by atoms with Crippen LogP contribution in [0, 0.1) is 6.92 Å². The molecule has 0 aliphatic carbocycles. The number of pyridine rings is 1. The van der Waals surface area contributed by atoms with Gasteiger partial charge in [0.05, 0.1) is 11.1 Å². The first-order chi connectivity index (χ1) is 14.9. The number of nitrogens with zero attached hydrogens (tertiary/aromatic N) is 2. The van der Waals surface area contributed by atoms with Crippen molar-refractivity contribution in [2.24, 2.45) is 0 Å². The molecule has 1 heterocycles. The maximum atomic E-state index is 12.4. The van der Waals surface area contributed by atoms with E-state index in [4.69, 9.17) is 16.3 Å². The summed E-state index contributed by atoms with van der Waals surface area (Å²) in [6.45, 7) is 7.46. The monoisotopic (exact) mass is 456 g/mol. The minimum atomic E-state index is -1.74. The van der Waals surface area contributed by atoms with Crippen molar-refractivity contribution in [3.05, 3.63) is 64.3 Å². The van der Waals surface area contributed by atoms with Gasteiger partial charge in [0.2, 0.25) is 0 Å². The second kappa shape index (κ2) is 9.16. The molecule has 3 aromatic rings. The highest BCUT2D eigenvalue weighted by molar-refractivity contribution is 6.30. The van der Waals surface area contributed by atoms with Gasteiger partial charge in [-0.3, -0.25) is 4.79 Å². The number of ether oxygens (including phenoxy) is 1. The van der Waals surface area contributed by atoms with Gasteiger partial charge < -0.3 is 19.8 Å². The molecule has 7 heteroatoms. The van der Waals surface area contributed by atoms with Gasteiger partial charge in [-0.25, -0.2) is 4.98 Å². The molecular weight excluding hydrogens is 428 g/mol. The highest BCUT2D eigenvalue weighted by atomic mass is 35.5. The number of fused-ring (bicyclic) bond motifs is 1. The van der Waals surface area contributed by atoms with E-state index < -0.39 is 18.0 Å². The average molecular weight is 457 g/mol. The first kappa shape index (κ1) is 24.1. The smallest absolute Gasteiger partial charge is 0.271 e. The quantitative estimate of drug-likeness (QED) is 0.542. The molecule has 170 valence electrons. The van der Waals surface area contributed by atoms with Crippen LogP contribution in [-0.2, 0) is 4.74 Å². The third-order valence-electron chi connectivity index (χ3n) is 5.04. The van der Waals surface area contributed by atoms with Crippen molar-refractivity contribution in [2.45, 2.75) is 45.7 Å². The highest BCUT2D eigenvalue weighted by Gasteiger charge is 2.31. The zero-order chi connectivity index (χ0) is 23.8. The minimum absolute atomic E-state index is 0.193. The number of amides is 1. The molecule has 1 unspecified atom stereocenters. The fourth-order valence-corrected chi connectivity index (χ4v) is 3.84. The van der Waals surface area contributed by atoms with E-state index in [1.165, 1.54) is 4.90 Å². The predicted octanol–water partition coefficient (Wildman–Crippen LogP) is 4.73. The molecular formula is C25H29ClN2O4. The summed E-state index contributed by atoms with van der Waals surface area (Å²) < 4.78 is 6.09. The third kappa shape index (κ3) is 5.10. The van der Waals surface area contributed by atoms with Gasteiger partial charge in [-0.1, -0.05) is 23.7 Å². The van der Waals surface area contributed by atoms with E-state index in [9.17, 15) is 15.0 Å². The molecule has 32 heavy (non-hydrogen) atoms. The fraction of sp³-hybridized carbons (Fsp3) is 0.360. The number of aliphatic hydroxyl groups is 2. The van der Waals surface area contributed by atoms with Crippen LogP contribution in [0.15, 0.2) is 42.5 Å². The van der Waals surface area contributed by atoms with Crippen molar-refractivity contribution in [1.29, 1.82) is 0 Å². The Labute approximate surface area is 193 Å². The normalized spacial score (nSPS) is 12.9. The fourth-order valence-electron chi connectivity index (χ4n) is 3.71. The molecule has 0 saturated carbocycles. The van der Waals surface area contributed by atoms with Gasteiger partial charge in [-0.2, -0.15) is 0 Å². The number of halogens is 1. The summed E-state index contributed by atoms with van der Waals surface area (Å²) in [4.78, 5) is 18.5. The lowest BCUT2D eigenvalue weighted by molar-refractivity contribution is -0.185. The minimum Gasteiger partial charge on any atom is -0.366 e. The standard InChI is InChI=1S/C25H29ClN2O4/c1-14-13-19-17(11-12-18(27-19)23(29)28(5)6)21(15-7-9-16(26)10-8-15)20(14)22(24(30)31)32-25(2,3)4/h7-13,22,24,30-31H,1-6H3. The Morgan fingerprint density at radius 2 is 1.72 bits per heavy atom. The Balaban J connectivity index is 2.36. The van der Waals surface area contributed by atoms with Gasteiger partial charge in [0, 0.05) is 24.5 Å². The molecule has 0 aliphatic heterocycles. The van der Waals surface area contributed by atoms with Crippen molar-refractivity contribution in [1.82, 2.24) is 9.88 Å². The molecule has 2 N–H and O–H groups in total. The first-order valence-corrected chi connectivity index (χ1v) is 10.7. The molecule has 6 nitrogen and oxygen atoms in total. The lowest BCUT2D eigenvalue weighted by atomic mass is 9.88. The van der Waals surface area contributed by atoms with Crippen LogP contribution in [0.3, 0.4) is 0 Å². The number of aromatic nitrogens is 1. The van der Waals surface area contributed by atoms with Gasteiger partial charge >= 0.3 is 0 Å². The number of aryl methyl sites for hydroxylation is 1. The van der Waals surface area contributed by atoms with E-state index in [1.807, 2.05) is 52.0 Å². The summed E-state index contributed by atoms with van der Waals surface area (Å²) >= 11 is 6.11. The number of benzene rings is 2. The topological polar surface area (TPSA) is 82.9 Å². The van der Waals surface area contributed by atoms with Crippen LogP contribution < -0.4 is 0 Å². The summed E-state index contributed by atoms with van der Waals surface area (Å²) in [5.74, 6) is -0.193. The van der Waals surface area contributed by atoms with Crippen LogP contribution >= 0.6 is 11.6 Å². The largest absolute Gasteiger partial charge is 0.366 e. The molecule has 0 fully saturated rings. The second-order valence-corrected chi connectivity index (χ2v) is 9.45. The van der Waals surface area contributed by atoms with Gasteiger partial charge in [0.1, 0.15) is 11.8 Å². The summed E-state index contributed by atoms with van der Waals surface area (Å²) in [5, 5.41) is 21.9. The molecule has 2 aromatic carbocycles. The van der Waals surface area contributed by atoms with Gasteiger partial charge in [-0.15, -0.1) is 0 Å². The van der Waals surface area contributed by atoms with Crippen molar-refractivity contribution < 1.29 is 19.7 Å². The lowest BCUT2D eigenvalue weighted by Gasteiger charge is -2.32. The Bertz CT molecular complexity index is 1140. The van der Waals surface area contributed by atoms with Crippen LogP contribution in [0.4, 0.5) is 0 Å². The molecule has 0 spiro atoms. The van der Waals surface area contributed by atoms with Crippen LogP contribution in [0.25, 0.3) is 22.0 Å². The predicted molar refractivity (Wildman–Crippen MR) is 127 cm³/mol. The van der Waals surface area contributed by atoms with Crippen LogP contribution in [0.2, 0.25) is 5.02 Å². The molecule has 0 aliphatic rings. The van der Waals surface area contributed by atoms with Crippen molar-refractivity contribution >= 4 is 28.4 Å². The van der Waals surface area contributed by atoms with Crippen molar-refractivity contribution in [3.63, 3.8) is 0 Å². The number of rotatable bonds is 5. The van der Waals surface area contributed by atoms with Crippen LogP contribution in [-0.4, -0.2) is 52.0 Å². The van der Waals surface area contributed by atoms with E-state index in [-0.39, 0.29) is 5.91 Å². The Morgan fingerprint density at radius 1 is 1.09 bits per heavy atom. The van der Waals surface area contributed by atoms with Gasteiger partial charge in [0.15, 0.2) is 6.29 Å². The summed E-state index contributed by atoms with van der Waals surface area (Å²) in [7, 11) is 3.36. The number of hydrogen-bond donors (Lipinski definition) is 2. The van der Waals surface area contributed by atoms with E-state index in [1.54, 1.807) is 32.3 Å². The Kier molecular flexibility index (Phi) is 6.91. The van der Waals surface area contributed by atoms with Crippen LogP contribution in [0.1, 0.15) is 48.5 Å². The molecule has 0 bridgehead atoms. The van der Waals surface area contributed by atoms with E-state index in [0.717, 1.165) is 22.1 Å². The molecule has 0 saturated heterocycles. The first-order valence-electron chi connectivity index (χ1n) is 10.3. The molecule has 1 aromatic heterocycles. The van der Waals surface area contributed by atoms with Gasteiger partial charge in [-0.05, 0) is 80.3 Å². The number of carbonyl (C=O) groups excluding carboxylic acids is 1. The third-order valence-corrected chi connectivity index (χ3v) is 5.29. The molecule has 1 amide bonds. The Hall–Kier alpha value is -2.51. The Morgan fingerprint density at radius 3 is 2.25 bits per heavy atom. The molecule has 1 atom stereocenters. The maximum absolute atomic E-state index is 12.4. The SMILES string of the molecule is Cc1cc2nc(C(=O)N(C)C)ccc2c(-c2ccc(Cl)cc2)c1C(OC(C)(C)C)C(O)O. The average Bonchev–Trinajstić information content (AvgIpc) is 2.70. The maximum Gasteiger partial charge on any atom is 0.271 e. The number of hydrogen-bond acceptors (Lipinski definition) is 5. The zero-order valence-electron chi connectivity index (χ0n) is 19.2. The van der Waals surface area contributed by atoms with E-state index >= 15 is 0 Å². The summed E-state index contributed by atoms with van der Waals surface area (Å²) in [6, 6.07) is 12.7. The summed E-state index contributed by atoms with van der Waals surface area (Å²) in [5.41, 5.74) is 3.36. The number of aliphatic hydroxyl groups excluding tert-OH is 1. The molecule has 3 rings (SSSR count). The van der Waals surface area contributed by atoms with E-state index in [2.05, 4.69) is 4.98 Å². The zero-order valence-corrected chi connectivity index (χ0v) is 19.9. The van der Waals surface area contributed by atoms with Crippen molar-refractivity contribution in [3.8, 4) is 11.1 Å². The molecule has 0 radical (unpaired) electrons. The van der Waals surface area contributed by atoms with Gasteiger partial charge in [0.25, 0.3) is 5.91 Å². The summed E-state index contributed by atoms with van der Waals surface area (Å²) in [6.07, 6.45) is -2.73. The van der Waals surface area contributed by atoms with Crippen LogP contribution in [0.5, 0.6) is 0 Å². The lowest BCUT2D eigenvalue weighted by Crippen LogP contribution is -2.30. The van der Waals surface area contributed by atoms with E-state index in [0.29, 0.717) is 21.8 Å². The van der Waals surface area contributed by atoms with Crippen molar-refractivity contribution in [2.75, 3.05) is 14.1 Å².